The monoisotopic (exact) mass is 341 g/mol. The lowest BCUT2D eigenvalue weighted by Gasteiger charge is -2.33. The smallest absolute Gasteiger partial charge is 0.340 e. The van der Waals surface area contributed by atoms with Gasteiger partial charge in [0.05, 0.1) is 14.2 Å². The minimum atomic E-state index is -1.41. The SMILES string of the molecule is COC(=O)C1=C(NC(C)(C)C)N(C(C)=O)N(C(C)=O)C1C(=O)OC. The van der Waals surface area contributed by atoms with Gasteiger partial charge >= 0.3 is 11.9 Å². The number of nitrogens with zero attached hydrogens (tertiary/aromatic N) is 2. The lowest BCUT2D eigenvalue weighted by Crippen LogP contribution is -2.53. The molecule has 9 heteroatoms. The summed E-state index contributed by atoms with van der Waals surface area (Å²) in [7, 11) is 2.27. The van der Waals surface area contributed by atoms with Crippen molar-refractivity contribution in [2.24, 2.45) is 0 Å². The summed E-state index contributed by atoms with van der Waals surface area (Å²) in [6.45, 7) is 7.81. The Labute approximate surface area is 140 Å². The maximum Gasteiger partial charge on any atom is 0.340 e. The molecule has 24 heavy (non-hydrogen) atoms. The van der Waals surface area contributed by atoms with Gasteiger partial charge in [0.1, 0.15) is 11.4 Å². The van der Waals surface area contributed by atoms with Crippen molar-refractivity contribution < 1.29 is 28.7 Å². The third-order valence-corrected chi connectivity index (χ3v) is 3.14. The standard InChI is InChI=1S/C15H23N3O6/c1-8(19)17-11(14(22)24-7)10(13(21)23-6)12(16-15(3,4)5)18(17)9(2)20/h11,16H,1-7H3. The first kappa shape index (κ1) is 19.5. The van der Waals surface area contributed by atoms with Crippen molar-refractivity contribution in [3.05, 3.63) is 11.4 Å². The van der Waals surface area contributed by atoms with E-state index in [9.17, 15) is 19.2 Å². The highest BCUT2D eigenvalue weighted by Crippen LogP contribution is 2.31. The molecule has 1 atom stereocenters. The molecule has 0 radical (unpaired) electrons. The Bertz CT molecular complexity index is 605. The molecule has 2 amide bonds. The van der Waals surface area contributed by atoms with Gasteiger partial charge in [-0.05, 0) is 20.8 Å². The Hall–Kier alpha value is -2.58. The van der Waals surface area contributed by atoms with E-state index in [0.717, 1.165) is 24.2 Å². The largest absolute Gasteiger partial charge is 0.467 e. The highest BCUT2D eigenvalue weighted by molar-refractivity contribution is 6.02. The number of esters is 2. The van der Waals surface area contributed by atoms with Crippen molar-refractivity contribution >= 4 is 23.8 Å². The molecule has 0 aromatic carbocycles. The number of carbonyl (C=O) groups is 4. The predicted molar refractivity (Wildman–Crippen MR) is 82.8 cm³/mol. The van der Waals surface area contributed by atoms with Crippen LogP contribution in [0.5, 0.6) is 0 Å². The molecule has 9 nitrogen and oxygen atoms in total. The van der Waals surface area contributed by atoms with Crippen LogP contribution in [-0.2, 0) is 28.7 Å². The summed E-state index contributed by atoms with van der Waals surface area (Å²) in [5.74, 6) is -2.83. The Kier molecular flexibility index (Phi) is 5.59. The summed E-state index contributed by atoms with van der Waals surface area (Å²) in [6, 6.07) is -1.41. The van der Waals surface area contributed by atoms with E-state index in [1.807, 2.05) is 0 Å². The van der Waals surface area contributed by atoms with Gasteiger partial charge in [-0.15, -0.1) is 0 Å². The number of methoxy groups -OCH3 is 2. The molecule has 0 aromatic heterocycles. The molecule has 1 rings (SSSR count). The van der Waals surface area contributed by atoms with Crippen molar-refractivity contribution in [1.82, 2.24) is 15.3 Å². The van der Waals surface area contributed by atoms with Crippen LogP contribution >= 0.6 is 0 Å². The number of carbonyl (C=O) groups excluding carboxylic acids is 4. The number of hydrazine groups is 1. The summed E-state index contributed by atoms with van der Waals surface area (Å²) >= 11 is 0. The molecule has 0 bridgehead atoms. The van der Waals surface area contributed by atoms with Gasteiger partial charge in [-0.1, -0.05) is 0 Å². The van der Waals surface area contributed by atoms with E-state index in [1.54, 1.807) is 20.8 Å². The number of amides is 2. The van der Waals surface area contributed by atoms with Gasteiger partial charge in [-0.25, -0.2) is 19.6 Å². The average molecular weight is 341 g/mol. The van der Waals surface area contributed by atoms with Crippen LogP contribution in [0.4, 0.5) is 0 Å². The fourth-order valence-corrected chi connectivity index (χ4v) is 2.34. The zero-order valence-electron chi connectivity index (χ0n) is 14.9. The summed E-state index contributed by atoms with van der Waals surface area (Å²) in [4.78, 5) is 48.7. The van der Waals surface area contributed by atoms with Gasteiger partial charge in [0.2, 0.25) is 11.8 Å². The lowest BCUT2D eigenvalue weighted by atomic mass is 10.1. The normalized spacial score (nSPS) is 17.7. The highest BCUT2D eigenvalue weighted by Gasteiger charge is 2.51. The fourth-order valence-electron chi connectivity index (χ4n) is 2.34. The molecule has 0 spiro atoms. The molecule has 1 unspecified atom stereocenters. The minimum absolute atomic E-state index is 0.0208. The van der Waals surface area contributed by atoms with E-state index < -0.39 is 35.3 Å². The number of ether oxygens (including phenoxy) is 2. The van der Waals surface area contributed by atoms with Gasteiger partial charge in [-0.2, -0.15) is 0 Å². The van der Waals surface area contributed by atoms with E-state index in [-0.39, 0.29) is 11.4 Å². The second-order valence-electron chi connectivity index (χ2n) is 6.25. The van der Waals surface area contributed by atoms with Crippen LogP contribution in [-0.4, -0.2) is 59.6 Å². The first-order chi connectivity index (χ1) is 11.0. The van der Waals surface area contributed by atoms with E-state index in [1.165, 1.54) is 13.8 Å². The minimum Gasteiger partial charge on any atom is -0.467 e. The second-order valence-corrected chi connectivity index (χ2v) is 6.25. The number of rotatable bonds is 3. The van der Waals surface area contributed by atoms with Crippen LogP contribution in [0.1, 0.15) is 34.6 Å². The number of hydrogen-bond donors (Lipinski definition) is 1. The summed E-state index contributed by atoms with van der Waals surface area (Å²) in [5.41, 5.74) is -0.722. The molecular weight excluding hydrogens is 318 g/mol. The molecule has 134 valence electrons. The van der Waals surface area contributed by atoms with Crippen LogP contribution < -0.4 is 5.32 Å². The first-order valence-electron chi connectivity index (χ1n) is 7.25. The Morgan fingerprint density at radius 1 is 1.00 bits per heavy atom. The van der Waals surface area contributed by atoms with E-state index in [0.29, 0.717) is 0 Å². The first-order valence-corrected chi connectivity index (χ1v) is 7.25. The van der Waals surface area contributed by atoms with Gasteiger partial charge in [0.25, 0.3) is 0 Å². The van der Waals surface area contributed by atoms with Crippen molar-refractivity contribution in [3.63, 3.8) is 0 Å². The van der Waals surface area contributed by atoms with Gasteiger partial charge in [-0.3, -0.25) is 9.59 Å². The molecule has 0 saturated heterocycles. The van der Waals surface area contributed by atoms with Crippen LogP contribution in [0.15, 0.2) is 11.4 Å². The van der Waals surface area contributed by atoms with Gasteiger partial charge < -0.3 is 14.8 Å². The molecule has 1 aliphatic heterocycles. The van der Waals surface area contributed by atoms with Crippen LogP contribution in [0, 0.1) is 0 Å². The molecule has 1 N–H and O–H groups in total. The second kappa shape index (κ2) is 6.90. The average Bonchev–Trinajstić information content (AvgIpc) is 2.78. The topological polar surface area (TPSA) is 105 Å². The molecule has 0 saturated carbocycles. The number of nitrogens with one attached hydrogen (secondary N) is 1. The zero-order valence-corrected chi connectivity index (χ0v) is 14.9. The van der Waals surface area contributed by atoms with Crippen LogP contribution in [0.25, 0.3) is 0 Å². The van der Waals surface area contributed by atoms with Crippen molar-refractivity contribution in [3.8, 4) is 0 Å². The Balaban J connectivity index is 3.69. The maximum atomic E-state index is 12.3. The molecular formula is C15H23N3O6. The summed E-state index contributed by atoms with van der Waals surface area (Å²) in [5, 5.41) is 4.83. The van der Waals surface area contributed by atoms with Crippen molar-refractivity contribution in [2.45, 2.75) is 46.2 Å². The highest BCUT2D eigenvalue weighted by atomic mass is 16.5. The Morgan fingerprint density at radius 3 is 1.88 bits per heavy atom. The molecule has 1 heterocycles. The third kappa shape index (κ3) is 3.66. The summed E-state index contributed by atoms with van der Waals surface area (Å²) in [6.07, 6.45) is 0. The zero-order chi connectivity index (χ0) is 18.8. The van der Waals surface area contributed by atoms with Crippen LogP contribution in [0.3, 0.4) is 0 Å². The summed E-state index contributed by atoms with van der Waals surface area (Å²) < 4.78 is 9.44. The van der Waals surface area contributed by atoms with Crippen LogP contribution in [0.2, 0.25) is 0 Å². The lowest BCUT2D eigenvalue weighted by molar-refractivity contribution is -0.166. The molecule has 1 aliphatic rings. The number of hydrogen-bond acceptors (Lipinski definition) is 7. The quantitative estimate of drug-likeness (QED) is 0.716. The van der Waals surface area contributed by atoms with Gasteiger partial charge in [0, 0.05) is 19.4 Å². The van der Waals surface area contributed by atoms with E-state index in [2.05, 4.69) is 5.32 Å². The fraction of sp³-hybridized carbons (Fsp3) is 0.600. The Morgan fingerprint density at radius 2 is 1.54 bits per heavy atom. The van der Waals surface area contributed by atoms with E-state index >= 15 is 0 Å². The molecule has 0 aromatic rings. The molecule has 0 fully saturated rings. The van der Waals surface area contributed by atoms with E-state index in [4.69, 9.17) is 9.47 Å². The maximum absolute atomic E-state index is 12.3. The van der Waals surface area contributed by atoms with Gasteiger partial charge in [0.15, 0.2) is 6.04 Å². The third-order valence-electron chi connectivity index (χ3n) is 3.14. The molecule has 0 aliphatic carbocycles. The predicted octanol–water partition coefficient (Wildman–Crippen LogP) is -0.0737. The van der Waals surface area contributed by atoms with Crippen molar-refractivity contribution in [2.75, 3.05) is 14.2 Å². The van der Waals surface area contributed by atoms with Crippen molar-refractivity contribution in [1.29, 1.82) is 0 Å².